The normalized spacial score (nSPS) is 10.9. The Morgan fingerprint density at radius 1 is 1.04 bits per heavy atom. The topological polar surface area (TPSA) is 144 Å². The maximum absolute atomic E-state index is 12.5. The lowest BCUT2D eigenvalue weighted by Gasteiger charge is -2.07. The van der Waals surface area contributed by atoms with Gasteiger partial charge in [-0.1, -0.05) is 30.3 Å². The zero-order valence-corrected chi connectivity index (χ0v) is 14.3. The SMILES string of the molecule is NC(=O)c1nc(-c2cccc(C(=O)O)c2)nc2c1[nH]c(=O)n2-c1ccccc1. The smallest absolute Gasteiger partial charge is 0.335 e. The minimum absolute atomic E-state index is 0.0383. The van der Waals surface area contributed by atoms with E-state index in [-0.39, 0.29) is 28.2 Å². The third-order valence-electron chi connectivity index (χ3n) is 4.15. The van der Waals surface area contributed by atoms with Crippen molar-refractivity contribution in [2.45, 2.75) is 0 Å². The number of amides is 1. The number of carbonyl (C=O) groups excluding carboxylic acids is 1. The van der Waals surface area contributed by atoms with Crippen LogP contribution in [0.25, 0.3) is 28.2 Å². The molecule has 0 spiro atoms. The van der Waals surface area contributed by atoms with Crippen LogP contribution in [0.3, 0.4) is 0 Å². The van der Waals surface area contributed by atoms with E-state index in [0.717, 1.165) is 0 Å². The highest BCUT2D eigenvalue weighted by molar-refractivity contribution is 6.02. The molecule has 0 saturated heterocycles. The van der Waals surface area contributed by atoms with Crippen molar-refractivity contribution in [2.75, 3.05) is 0 Å². The number of fused-ring (bicyclic) bond motifs is 1. The van der Waals surface area contributed by atoms with Gasteiger partial charge in [0.25, 0.3) is 5.91 Å². The molecule has 0 aliphatic carbocycles. The molecule has 0 bridgehead atoms. The predicted molar refractivity (Wildman–Crippen MR) is 100 cm³/mol. The summed E-state index contributed by atoms with van der Waals surface area (Å²) in [6.45, 7) is 0. The quantitative estimate of drug-likeness (QED) is 0.494. The molecule has 4 N–H and O–H groups in total. The predicted octanol–water partition coefficient (Wildman–Crippen LogP) is 1.57. The molecule has 28 heavy (non-hydrogen) atoms. The molecule has 138 valence electrons. The number of aromatic carboxylic acids is 1. The van der Waals surface area contributed by atoms with Crippen molar-refractivity contribution in [1.82, 2.24) is 19.5 Å². The largest absolute Gasteiger partial charge is 0.478 e. The number of nitrogens with one attached hydrogen (secondary N) is 1. The van der Waals surface area contributed by atoms with Crippen LogP contribution in [-0.2, 0) is 0 Å². The van der Waals surface area contributed by atoms with Gasteiger partial charge in [0, 0.05) is 5.56 Å². The molecule has 2 aromatic carbocycles. The highest BCUT2D eigenvalue weighted by atomic mass is 16.4. The van der Waals surface area contributed by atoms with E-state index in [2.05, 4.69) is 15.0 Å². The lowest BCUT2D eigenvalue weighted by atomic mass is 10.1. The number of hydrogen-bond donors (Lipinski definition) is 3. The first kappa shape index (κ1) is 17.2. The Bertz CT molecular complexity index is 1290. The molecule has 2 aromatic heterocycles. The van der Waals surface area contributed by atoms with E-state index >= 15 is 0 Å². The maximum atomic E-state index is 12.5. The summed E-state index contributed by atoms with van der Waals surface area (Å²) in [5.41, 5.74) is 6.01. The summed E-state index contributed by atoms with van der Waals surface area (Å²) >= 11 is 0. The minimum Gasteiger partial charge on any atom is -0.478 e. The number of carboxylic acids is 1. The summed E-state index contributed by atoms with van der Waals surface area (Å²) < 4.78 is 1.30. The Morgan fingerprint density at radius 2 is 1.79 bits per heavy atom. The van der Waals surface area contributed by atoms with Crippen LogP contribution in [0, 0.1) is 0 Å². The number of carboxylic acid groups (broad SMARTS) is 1. The number of carbonyl (C=O) groups is 2. The molecular formula is C19H13N5O4. The number of imidazole rings is 1. The van der Waals surface area contributed by atoms with Crippen molar-refractivity contribution < 1.29 is 14.7 Å². The third-order valence-corrected chi connectivity index (χ3v) is 4.15. The summed E-state index contributed by atoms with van der Waals surface area (Å²) in [4.78, 5) is 46.8. The standard InChI is InChI=1S/C19H13N5O4/c20-15(25)13-14-17(24(19(28)22-14)12-7-2-1-3-8-12)23-16(21-13)10-5-4-6-11(9-10)18(26)27/h1-9H,(H2,20,25)(H,22,28)(H,26,27). The molecule has 0 radical (unpaired) electrons. The molecule has 9 nitrogen and oxygen atoms in total. The Balaban J connectivity index is 2.04. The minimum atomic E-state index is -1.11. The summed E-state index contributed by atoms with van der Waals surface area (Å²) in [6, 6.07) is 14.7. The van der Waals surface area contributed by atoms with E-state index in [0.29, 0.717) is 11.3 Å². The zero-order valence-electron chi connectivity index (χ0n) is 14.3. The van der Waals surface area contributed by atoms with E-state index in [9.17, 15) is 19.5 Å². The second kappa shape index (κ2) is 6.47. The summed E-state index contributed by atoms with van der Waals surface area (Å²) in [7, 11) is 0. The van der Waals surface area contributed by atoms with Gasteiger partial charge in [0.2, 0.25) is 0 Å². The Hall–Kier alpha value is -4.27. The number of para-hydroxylation sites is 1. The molecule has 0 saturated carbocycles. The molecule has 0 unspecified atom stereocenters. The van der Waals surface area contributed by atoms with Crippen molar-refractivity contribution >= 4 is 23.0 Å². The average molecular weight is 375 g/mol. The van der Waals surface area contributed by atoms with Gasteiger partial charge >= 0.3 is 11.7 Å². The van der Waals surface area contributed by atoms with Crippen LogP contribution in [0.4, 0.5) is 0 Å². The molecule has 0 aliphatic rings. The lowest BCUT2D eigenvalue weighted by Crippen LogP contribution is -2.15. The average Bonchev–Trinajstić information content (AvgIpc) is 3.03. The zero-order chi connectivity index (χ0) is 19.8. The number of nitrogens with zero attached hydrogens (tertiary/aromatic N) is 3. The van der Waals surface area contributed by atoms with Crippen molar-refractivity contribution in [3.05, 3.63) is 76.3 Å². The first-order chi connectivity index (χ1) is 13.5. The number of benzene rings is 2. The van der Waals surface area contributed by atoms with Crippen LogP contribution in [0.1, 0.15) is 20.8 Å². The van der Waals surface area contributed by atoms with Crippen LogP contribution >= 0.6 is 0 Å². The molecule has 4 aromatic rings. The van der Waals surface area contributed by atoms with Gasteiger partial charge in [0.05, 0.1) is 11.3 Å². The van der Waals surface area contributed by atoms with Crippen LogP contribution in [0.5, 0.6) is 0 Å². The number of hydrogen-bond acceptors (Lipinski definition) is 5. The second-order valence-electron chi connectivity index (χ2n) is 5.95. The monoisotopic (exact) mass is 375 g/mol. The number of aromatic nitrogens is 4. The first-order valence-corrected chi connectivity index (χ1v) is 8.17. The van der Waals surface area contributed by atoms with E-state index in [1.165, 1.54) is 22.8 Å². The van der Waals surface area contributed by atoms with Crippen LogP contribution in [-0.4, -0.2) is 36.5 Å². The molecule has 1 amide bonds. The van der Waals surface area contributed by atoms with E-state index in [1.807, 2.05) is 0 Å². The number of rotatable bonds is 4. The van der Waals surface area contributed by atoms with Crippen molar-refractivity contribution in [1.29, 1.82) is 0 Å². The van der Waals surface area contributed by atoms with Crippen LogP contribution < -0.4 is 11.4 Å². The number of aromatic amines is 1. The Labute approximate surface area is 157 Å². The van der Waals surface area contributed by atoms with Gasteiger partial charge in [-0.3, -0.25) is 4.79 Å². The molecule has 0 atom stereocenters. The van der Waals surface area contributed by atoms with Gasteiger partial charge < -0.3 is 15.8 Å². The molecule has 2 heterocycles. The molecule has 0 aliphatic heterocycles. The Kier molecular flexibility index (Phi) is 3.96. The highest BCUT2D eigenvalue weighted by Crippen LogP contribution is 2.22. The van der Waals surface area contributed by atoms with Crippen molar-refractivity contribution in [3.63, 3.8) is 0 Å². The Morgan fingerprint density at radius 3 is 2.46 bits per heavy atom. The highest BCUT2D eigenvalue weighted by Gasteiger charge is 2.20. The fraction of sp³-hybridized carbons (Fsp3) is 0. The fourth-order valence-corrected chi connectivity index (χ4v) is 2.90. The molecule has 9 heteroatoms. The van der Waals surface area contributed by atoms with Gasteiger partial charge in [-0.15, -0.1) is 0 Å². The first-order valence-electron chi connectivity index (χ1n) is 8.17. The lowest BCUT2D eigenvalue weighted by molar-refractivity contribution is 0.0696. The van der Waals surface area contributed by atoms with Crippen LogP contribution in [0.2, 0.25) is 0 Å². The fourth-order valence-electron chi connectivity index (χ4n) is 2.90. The van der Waals surface area contributed by atoms with E-state index in [4.69, 9.17) is 5.73 Å². The summed E-state index contributed by atoms with van der Waals surface area (Å²) in [5.74, 6) is -1.88. The summed E-state index contributed by atoms with van der Waals surface area (Å²) in [6.07, 6.45) is 0. The van der Waals surface area contributed by atoms with Gasteiger partial charge in [-0.25, -0.2) is 24.1 Å². The van der Waals surface area contributed by atoms with Crippen molar-refractivity contribution in [3.8, 4) is 17.1 Å². The van der Waals surface area contributed by atoms with Gasteiger partial charge in [-0.05, 0) is 24.3 Å². The third kappa shape index (κ3) is 2.80. The van der Waals surface area contributed by atoms with Crippen molar-refractivity contribution in [2.24, 2.45) is 5.73 Å². The molecular weight excluding hydrogens is 362 g/mol. The van der Waals surface area contributed by atoms with E-state index in [1.54, 1.807) is 36.4 Å². The maximum Gasteiger partial charge on any atom is 0.335 e. The molecule has 4 rings (SSSR count). The van der Waals surface area contributed by atoms with Crippen LogP contribution in [0.15, 0.2) is 59.4 Å². The number of H-pyrrole nitrogens is 1. The van der Waals surface area contributed by atoms with Gasteiger partial charge in [-0.2, -0.15) is 0 Å². The summed E-state index contributed by atoms with van der Waals surface area (Å²) in [5, 5.41) is 9.20. The molecule has 0 fully saturated rings. The van der Waals surface area contributed by atoms with Gasteiger partial charge in [0.15, 0.2) is 17.2 Å². The van der Waals surface area contributed by atoms with Gasteiger partial charge in [0.1, 0.15) is 5.52 Å². The van der Waals surface area contributed by atoms with E-state index < -0.39 is 17.6 Å². The number of primary amides is 1. The second-order valence-corrected chi connectivity index (χ2v) is 5.95. The number of nitrogens with two attached hydrogens (primary N) is 1.